The Morgan fingerprint density at radius 3 is 2.52 bits per heavy atom. The van der Waals surface area contributed by atoms with Gasteiger partial charge in [0.2, 0.25) is 15.2 Å². The minimum Gasteiger partial charge on any atom is -0.296 e. The molecule has 0 aliphatic carbocycles. The molecule has 7 nitrogen and oxygen atoms in total. The van der Waals surface area contributed by atoms with Gasteiger partial charge in [-0.2, -0.15) is 0 Å². The molecule has 0 bridgehead atoms. The molecule has 1 heterocycles. The standard InChI is InChI=1S/C19H27FN4O3S2/c1-4-5-6-7-8-9-10-17-22-23-19(28-17)21-18(25)14-11-12-15(20)16(13-14)29(26,27)24(2)3/h11-13H,4-10H2,1-3H3,(H,21,23,25). The van der Waals surface area contributed by atoms with Crippen LogP contribution in [0.25, 0.3) is 0 Å². The molecule has 0 spiro atoms. The fraction of sp³-hybridized carbons (Fsp3) is 0.526. The van der Waals surface area contributed by atoms with Crippen LogP contribution in [0.2, 0.25) is 0 Å². The second kappa shape index (κ2) is 10.7. The SMILES string of the molecule is CCCCCCCCc1nnc(NC(=O)c2ccc(F)c(S(=O)(=O)N(C)C)c2)s1. The van der Waals surface area contributed by atoms with Crippen molar-refractivity contribution >= 4 is 32.4 Å². The molecule has 0 saturated heterocycles. The van der Waals surface area contributed by atoms with Crippen molar-refractivity contribution in [2.75, 3.05) is 19.4 Å². The van der Waals surface area contributed by atoms with Crippen molar-refractivity contribution in [2.45, 2.75) is 56.8 Å². The van der Waals surface area contributed by atoms with E-state index >= 15 is 0 Å². The first-order chi connectivity index (χ1) is 13.8. The minimum atomic E-state index is -4.00. The van der Waals surface area contributed by atoms with Crippen molar-refractivity contribution in [1.29, 1.82) is 0 Å². The summed E-state index contributed by atoms with van der Waals surface area (Å²) in [5.41, 5.74) is 0.0273. The van der Waals surface area contributed by atoms with Crippen LogP contribution < -0.4 is 5.32 Å². The summed E-state index contributed by atoms with van der Waals surface area (Å²) < 4.78 is 39.3. The highest BCUT2D eigenvalue weighted by molar-refractivity contribution is 7.89. The molecule has 160 valence electrons. The molecule has 0 aliphatic heterocycles. The lowest BCUT2D eigenvalue weighted by Crippen LogP contribution is -2.24. The van der Waals surface area contributed by atoms with E-state index in [2.05, 4.69) is 22.4 Å². The van der Waals surface area contributed by atoms with Crippen LogP contribution in [-0.4, -0.2) is 42.9 Å². The number of anilines is 1. The predicted molar refractivity (Wildman–Crippen MR) is 112 cm³/mol. The predicted octanol–water partition coefficient (Wildman–Crippen LogP) is 4.08. The number of nitrogens with one attached hydrogen (secondary N) is 1. The van der Waals surface area contributed by atoms with E-state index in [4.69, 9.17) is 0 Å². The van der Waals surface area contributed by atoms with Crippen LogP contribution in [0, 0.1) is 5.82 Å². The van der Waals surface area contributed by atoms with Crippen molar-refractivity contribution in [3.8, 4) is 0 Å². The number of unbranched alkanes of at least 4 members (excludes halogenated alkanes) is 5. The number of aryl methyl sites for hydroxylation is 1. The lowest BCUT2D eigenvalue weighted by molar-refractivity contribution is 0.102. The Labute approximate surface area is 175 Å². The molecule has 0 radical (unpaired) electrons. The quantitative estimate of drug-likeness (QED) is 0.529. The number of carbonyl (C=O) groups is 1. The van der Waals surface area contributed by atoms with Gasteiger partial charge in [-0.05, 0) is 24.6 Å². The lowest BCUT2D eigenvalue weighted by atomic mass is 10.1. The van der Waals surface area contributed by atoms with Gasteiger partial charge < -0.3 is 0 Å². The molecule has 0 unspecified atom stereocenters. The number of benzene rings is 1. The Morgan fingerprint density at radius 1 is 1.14 bits per heavy atom. The highest BCUT2D eigenvalue weighted by atomic mass is 32.2. The van der Waals surface area contributed by atoms with Gasteiger partial charge in [0, 0.05) is 26.1 Å². The van der Waals surface area contributed by atoms with E-state index in [9.17, 15) is 17.6 Å². The van der Waals surface area contributed by atoms with E-state index in [-0.39, 0.29) is 5.56 Å². The van der Waals surface area contributed by atoms with Crippen molar-refractivity contribution in [3.63, 3.8) is 0 Å². The fourth-order valence-electron chi connectivity index (χ4n) is 2.67. The monoisotopic (exact) mass is 442 g/mol. The number of halogens is 1. The number of hydrogen-bond donors (Lipinski definition) is 1. The molecule has 0 fully saturated rings. The van der Waals surface area contributed by atoms with Crippen LogP contribution in [-0.2, 0) is 16.4 Å². The molecule has 0 saturated carbocycles. The smallest absolute Gasteiger partial charge is 0.257 e. The minimum absolute atomic E-state index is 0.0273. The summed E-state index contributed by atoms with van der Waals surface area (Å²) in [5, 5.41) is 11.8. The normalized spacial score (nSPS) is 11.8. The Kier molecular flexibility index (Phi) is 8.66. The maximum Gasteiger partial charge on any atom is 0.257 e. The Balaban J connectivity index is 1.98. The van der Waals surface area contributed by atoms with Gasteiger partial charge in [-0.3, -0.25) is 10.1 Å². The maximum atomic E-state index is 14.0. The van der Waals surface area contributed by atoms with Gasteiger partial charge in [-0.15, -0.1) is 10.2 Å². The Hall–Kier alpha value is -1.91. The van der Waals surface area contributed by atoms with Crippen molar-refractivity contribution in [3.05, 3.63) is 34.6 Å². The number of amides is 1. The van der Waals surface area contributed by atoms with Gasteiger partial charge in [0.15, 0.2) is 0 Å². The van der Waals surface area contributed by atoms with Crippen molar-refractivity contribution in [2.24, 2.45) is 0 Å². The van der Waals surface area contributed by atoms with E-state index < -0.39 is 26.6 Å². The zero-order chi connectivity index (χ0) is 21.4. The van der Waals surface area contributed by atoms with E-state index in [1.54, 1.807) is 0 Å². The Bertz CT molecular complexity index is 929. The topological polar surface area (TPSA) is 92.3 Å². The first kappa shape index (κ1) is 23.4. The summed E-state index contributed by atoms with van der Waals surface area (Å²) in [6.45, 7) is 2.19. The van der Waals surface area contributed by atoms with Gasteiger partial charge in [0.1, 0.15) is 15.7 Å². The number of sulfonamides is 1. The maximum absolute atomic E-state index is 14.0. The largest absolute Gasteiger partial charge is 0.296 e. The Morgan fingerprint density at radius 2 is 1.83 bits per heavy atom. The summed E-state index contributed by atoms with van der Waals surface area (Å²) >= 11 is 1.29. The van der Waals surface area contributed by atoms with Crippen molar-refractivity contribution < 1.29 is 17.6 Å². The summed E-state index contributed by atoms with van der Waals surface area (Å²) in [5.74, 6) is -1.48. The molecule has 2 aromatic rings. The summed E-state index contributed by atoms with van der Waals surface area (Å²) in [6.07, 6.45) is 7.90. The highest BCUT2D eigenvalue weighted by Crippen LogP contribution is 2.22. The number of aromatic nitrogens is 2. The average molecular weight is 443 g/mol. The van der Waals surface area contributed by atoms with Crippen LogP contribution in [0.4, 0.5) is 9.52 Å². The van der Waals surface area contributed by atoms with E-state index in [1.807, 2.05) is 0 Å². The molecule has 2 rings (SSSR count). The average Bonchev–Trinajstić information content (AvgIpc) is 3.11. The van der Waals surface area contributed by atoms with E-state index in [0.29, 0.717) is 5.13 Å². The molecule has 1 aromatic heterocycles. The lowest BCUT2D eigenvalue weighted by Gasteiger charge is -2.13. The zero-order valence-corrected chi connectivity index (χ0v) is 18.6. The van der Waals surface area contributed by atoms with Gasteiger partial charge in [0.05, 0.1) is 0 Å². The fourth-order valence-corrected chi connectivity index (χ4v) is 4.43. The number of carbonyl (C=O) groups excluding carboxylic acids is 1. The van der Waals surface area contributed by atoms with Gasteiger partial charge in [0.25, 0.3) is 5.91 Å². The first-order valence-electron chi connectivity index (χ1n) is 9.61. The molecule has 0 aliphatic rings. The van der Waals surface area contributed by atoms with Gasteiger partial charge >= 0.3 is 0 Å². The second-order valence-corrected chi connectivity index (χ2v) is 10.1. The van der Waals surface area contributed by atoms with Gasteiger partial charge in [-0.1, -0.05) is 50.4 Å². The highest BCUT2D eigenvalue weighted by Gasteiger charge is 2.23. The molecule has 1 amide bonds. The van der Waals surface area contributed by atoms with Gasteiger partial charge in [-0.25, -0.2) is 17.1 Å². The molecule has 1 N–H and O–H groups in total. The second-order valence-electron chi connectivity index (χ2n) is 6.91. The van der Waals surface area contributed by atoms with Crippen molar-refractivity contribution in [1.82, 2.24) is 14.5 Å². The molecule has 29 heavy (non-hydrogen) atoms. The molecule has 1 aromatic carbocycles. The van der Waals surface area contributed by atoms with E-state index in [0.717, 1.165) is 40.7 Å². The third-order valence-corrected chi connectivity index (χ3v) is 7.11. The van der Waals surface area contributed by atoms with Crippen LogP contribution in [0.3, 0.4) is 0 Å². The van der Waals surface area contributed by atoms with E-state index in [1.165, 1.54) is 57.2 Å². The number of nitrogens with zero attached hydrogens (tertiary/aromatic N) is 3. The molecule has 0 atom stereocenters. The third kappa shape index (κ3) is 6.55. The molecular weight excluding hydrogens is 415 g/mol. The van der Waals surface area contributed by atoms with Crippen LogP contribution in [0.15, 0.2) is 23.1 Å². The summed E-state index contributed by atoms with van der Waals surface area (Å²) in [4.78, 5) is 11.9. The first-order valence-corrected chi connectivity index (χ1v) is 11.9. The van der Waals surface area contributed by atoms with Crippen LogP contribution in [0.1, 0.15) is 60.8 Å². The van der Waals surface area contributed by atoms with Crippen LogP contribution in [0.5, 0.6) is 0 Å². The number of rotatable bonds is 11. The zero-order valence-electron chi connectivity index (χ0n) is 16.9. The molecular formula is C19H27FN4O3S2. The summed E-state index contributed by atoms with van der Waals surface area (Å²) in [7, 11) is -1.40. The number of hydrogen-bond acceptors (Lipinski definition) is 6. The third-order valence-electron chi connectivity index (χ3n) is 4.38. The summed E-state index contributed by atoms with van der Waals surface area (Å²) in [6, 6.07) is 3.23. The molecule has 10 heteroatoms. The van der Waals surface area contributed by atoms with Crippen LogP contribution >= 0.6 is 11.3 Å².